The second-order valence-electron chi connectivity index (χ2n) is 8.97. The zero-order chi connectivity index (χ0) is 25.8. The number of aliphatic hydroxyl groups excluding tert-OH is 1. The lowest BCUT2D eigenvalue weighted by molar-refractivity contribution is -0.147. The Morgan fingerprint density at radius 3 is 2.19 bits per heavy atom. The molecule has 1 aliphatic heterocycles. The smallest absolute Gasteiger partial charge is 0.308 e. The summed E-state index contributed by atoms with van der Waals surface area (Å²) in [7, 11) is 1.46. The standard InChI is InChI=1S/C27H45NO8/c1-23-21-25(27(30)31-2)9-12-28(23)11-6-13-32-15-17-34-19-20-35-18-16-33-14-10-26(29)36-22-24-7-4-3-5-8-24/h3-5,7-8,23,25-26,29H,6,9-22H2,1-2H3. The van der Waals surface area contributed by atoms with Crippen LogP contribution >= 0.6 is 0 Å². The quantitative estimate of drug-likeness (QED) is 0.161. The van der Waals surface area contributed by atoms with Crippen LogP contribution < -0.4 is 0 Å². The Balaban J connectivity index is 1.29. The summed E-state index contributed by atoms with van der Waals surface area (Å²) < 4.78 is 32.4. The largest absolute Gasteiger partial charge is 0.469 e. The summed E-state index contributed by atoms with van der Waals surface area (Å²) in [5.41, 5.74) is 1.03. The van der Waals surface area contributed by atoms with Crippen molar-refractivity contribution in [3.63, 3.8) is 0 Å². The predicted molar refractivity (Wildman–Crippen MR) is 136 cm³/mol. The van der Waals surface area contributed by atoms with Crippen molar-refractivity contribution in [2.24, 2.45) is 5.92 Å². The molecular formula is C27H45NO8. The zero-order valence-electron chi connectivity index (χ0n) is 22.0. The van der Waals surface area contributed by atoms with E-state index in [9.17, 15) is 9.90 Å². The Kier molecular flexibility index (Phi) is 16.6. The van der Waals surface area contributed by atoms with Crippen LogP contribution in [-0.4, -0.2) is 101 Å². The van der Waals surface area contributed by atoms with Gasteiger partial charge >= 0.3 is 5.97 Å². The minimum absolute atomic E-state index is 0.0376. The molecule has 3 atom stereocenters. The molecule has 1 aliphatic rings. The first-order valence-electron chi connectivity index (χ1n) is 13.1. The van der Waals surface area contributed by atoms with Crippen LogP contribution in [0.25, 0.3) is 0 Å². The van der Waals surface area contributed by atoms with Crippen molar-refractivity contribution < 1.29 is 38.3 Å². The van der Waals surface area contributed by atoms with Crippen LogP contribution in [0.5, 0.6) is 0 Å². The van der Waals surface area contributed by atoms with Crippen LogP contribution in [0.4, 0.5) is 0 Å². The summed E-state index contributed by atoms with van der Waals surface area (Å²) in [6, 6.07) is 10.1. The van der Waals surface area contributed by atoms with Crippen molar-refractivity contribution in [3.8, 4) is 0 Å². The zero-order valence-corrected chi connectivity index (χ0v) is 22.0. The molecule has 0 aromatic heterocycles. The highest BCUT2D eigenvalue weighted by Crippen LogP contribution is 2.23. The third-order valence-corrected chi connectivity index (χ3v) is 6.19. The van der Waals surface area contributed by atoms with Gasteiger partial charge in [0.25, 0.3) is 0 Å². The third kappa shape index (κ3) is 13.6. The van der Waals surface area contributed by atoms with Crippen LogP contribution in [0.3, 0.4) is 0 Å². The number of carbonyl (C=O) groups excluding carboxylic acids is 1. The minimum Gasteiger partial charge on any atom is -0.469 e. The van der Waals surface area contributed by atoms with Gasteiger partial charge in [0, 0.05) is 25.6 Å². The monoisotopic (exact) mass is 511 g/mol. The maximum atomic E-state index is 11.7. The highest BCUT2D eigenvalue weighted by Gasteiger charge is 2.29. The van der Waals surface area contributed by atoms with E-state index >= 15 is 0 Å². The maximum absolute atomic E-state index is 11.7. The van der Waals surface area contributed by atoms with E-state index in [-0.39, 0.29) is 11.9 Å². The van der Waals surface area contributed by atoms with Crippen molar-refractivity contribution >= 4 is 5.97 Å². The van der Waals surface area contributed by atoms with Crippen LogP contribution in [0.1, 0.15) is 38.2 Å². The number of ether oxygens (including phenoxy) is 6. The van der Waals surface area contributed by atoms with E-state index in [1.54, 1.807) is 0 Å². The minimum atomic E-state index is -0.837. The number of hydrogen-bond acceptors (Lipinski definition) is 9. The number of methoxy groups -OCH3 is 1. The molecule has 1 aromatic rings. The maximum Gasteiger partial charge on any atom is 0.308 e. The van der Waals surface area contributed by atoms with Crippen molar-refractivity contribution in [2.45, 2.75) is 51.5 Å². The van der Waals surface area contributed by atoms with Gasteiger partial charge in [-0.2, -0.15) is 0 Å². The van der Waals surface area contributed by atoms with E-state index in [0.29, 0.717) is 71.9 Å². The SMILES string of the molecule is COC(=O)C1CCN(CCCOCCOCCOCCOCCC(O)OCc2ccccc2)C(C)C1. The average Bonchev–Trinajstić information content (AvgIpc) is 2.90. The van der Waals surface area contributed by atoms with E-state index in [1.165, 1.54) is 7.11 Å². The molecule has 9 heteroatoms. The Labute approximate surface area is 215 Å². The van der Waals surface area contributed by atoms with Crippen molar-refractivity contribution in [3.05, 3.63) is 35.9 Å². The topological polar surface area (TPSA) is 95.9 Å². The molecule has 0 bridgehead atoms. The molecular weight excluding hydrogens is 466 g/mol. The number of likely N-dealkylation sites (tertiary alicyclic amines) is 1. The number of carbonyl (C=O) groups is 1. The van der Waals surface area contributed by atoms with Gasteiger partial charge in [-0.25, -0.2) is 0 Å². The molecule has 1 N–H and O–H groups in total. The number of hydrogen-bond donors (Lipinski definition) is 1. The average molecular weight is 512 g/mol. The van der Waals surface area contributed by atoms with E-state index in [2.05, 4.69) is 11.8 Å². The lowest BCUT2D eigenvalue weighted by atomic mass is 9.91. The molecule has 2 rings (SSSR count). The highest BCUT2D eigenvalue weighted by atomic mass is 16.6. The molecule has 0 spiro atoms. The van der Waals surface area contributed by atoms with E-state index in [0.717, 1.165) is 37.9 Å². The number of benzene rings is 1. The summed E-state index contributed by atoms with van der Waals surface area (Å²) in [5.74, 6) is -0.0452. The molecule has 0 amide bonds. The van der Waals surface area contributed by atoms with E-state index in [1.807, 2.05) is 30.3 Å². The molecule has 1 aromatic carbocycles. The van der Waals surface area contributed by atoms with Gasteiger partial charge in [0.1, 0.15) is 0 Å². The van der Waals surface area contributed by atoms with Gasteiger partial charge in [0.05, 0.1) is 65.9 Å². The Hall–Kier alpha value is -1.59. The third-order valence-electron chi connectivity index (χ3n) is 6.19. The number of piperidine rings is 1. The molecule has 0 radical (unpaired) electrons. The Morgan fingerprint density at radius 2 is 1.58 bits per heavy atom. The number of aliphatic hydroxyl groups is 1. The van der Waals surface area contributed by atoms with Gasteiger partial charge in [-0.3, -0.25) is 4.79 Å². The van der Waals surface area contributed by atoms with Gasteiger partial charge in [0.2, 0.25) is 0 Å². The summed E-state index contributed by atoms with van der Waals surface area (Å²) in [6.07, 6.45) is 2.28. The molecule has 9 nitrogen and oxygen atoms in total. The first kappa shape index (κ1) is 30.6. The fourth-order valence-electron chi connectivity index (χ4n) is 4.10. The summed E-state index contributed by atoms with van der Waals surface area (Å²) >= 11 is 0. The molecule has 0 saturated carbocycles. The van der Waals surface area contributed by atoms with Crippen molar-refractivity contribution in [1.29, 1.82) is 0 Å². The highest BCUT2D eigenvalue weighted by molar-refractivity contribution is 5.72. The number of esters is 1. The van der Waals surface area contributed by atoms with Gasteiger partial charge in [-0.05, 0) is 38.3 Å². The van der Waals surface area contributed by atoms with Gasteiger partial charge < -0.3 is 38.4 Å². The second-order valence-corrected chi connectivity index (χ2v) is 8.97. The lowest BCUT2D eigenvalue weighted by Crippen LogP contribution is -2.43. The van der Waals surface area contributed by atoms with Crippen molar-refractivity contribution in [2.75, 3.05) is 73.1 Å². The first-order valence-corrected chi connectivity index (χ1v) is 13.1. The summed E-state index contributed by atoms with van der Waals surface area (Å²) in [5, 5.41) is 9.83. The van der Waals surface area contributed by atoms with Gasteiger partial charge in [-0.15, -0.1) is 0 Å². The molecule has 3 unspecified atom stereocenters. The molecule has 1 fully saturated rings. The van der Waals surface area contributed by atoms with Crippen LogP contribution in [-0.2, 0) is 39.8 Å². The van der Waals surface area contributed by atoms with Crippen LogP contribution in [0.15, 0.2) is 30.3 Å². The molecule has 206 valence electrons. The molecule has 0 aliphatic carbocycles. The van der Waals surface area contributed by atoms with Crippen LogP contribution in [0, 0.1) is 5.92 Å². The van der Waals surface area contributed by atoms with E-state index < -0.39 is 6.29 Å². The Morgan fingerprint density at radius 1 is 0.972 bits per heavy atom. The molecule has 1 saturated heterocycles. The first-order chi connectivity index (χ1) is 17.6. The Bertz CT molecular complexity index is 677. The summed E-state index contributed by atoms with van der Waals surface area (Å²) in [6.45, 7) is 8.66. The second kappa shape index (κ2) is 19.5. The fourth-order valence-corrected chi connectivity index (χ4v) is 4.10. The van der Waals surface area contributed by atoms with E-state index in [4.69, 9.17) is 28.4 Å². The van der Waals surface area contributed by atoms with Crippen LogP contribution in [0.2, 0.25) is 0 Å². The summed E-state index contributed by atoms with van der Waals surface area (Å²) in [4.78, 5) is 14.1. The normalized spacial score (nSPS) is 19.3. The van der Waals surface area contributed by atoms with Gasteiger partial charge in [-0.1, -0.05) is 30.3 Å². The number of rotatable bonds is 20. The predicted octanol–water partition coefficient (Wildman–Crippen LogP) is 2.64. The molecule has 1 heterocycles. The lowest BCUT2D eigenvalue weighted by Gasteiger charge is -2.36. The number of nitrogens with zero attached hydrogens (tertiary/aromatic N) is 1. The molecule has 36 heavy (non-hydrogen) atoms. The fraction of sp³-hybridized carbons (Fsp3) is 0.741. The van der Waals surface area contributed by atoms with Gasteiger partial charge in [0.15, 0.2) is 6.29 Å². The van der Waals surface area contributed by atoms with Crippen molar-refractivity contribution in [1.82, 2.24) is 4.90 Å².